The Morgan fingerprint density at radius 3 is 2.73 bits per heavy atom. The van der Waals surface area contributed by atoms with E-state index in [4.69, 9.17) is 9.47 Å². The number of thiophene rings is 1. The molecular weight excluding hydrogens is 210 g/mol. The molecule has 0 aromatic carbocycles. The van der Waals surface area contributed by atoms with Crippen molar-refractivity contribution in [3.63, 3.8) is 0 Å². The second-order valence-electron chi connectivity index (χ2n) is 3.25. The molecule has 15 heavy (non-hydrogen) atoms. The highest BCUT2D eigenvalue weighted by atomic mass is 32.1. The third-order valence-electron chi connectivity index (χ3n) is 2.34. The normalized spacial score (nSPS) is 11.2. The first-order chi connectivity index (χ1) is 7.31. The van der Waals surface area contributed by atoms with Gasteiger partial charge in [0, 0.05) is 32.2 Å². The summed E-state index contributed by atoms with van der Waals surface area (Å²) in [5.74, 6) is 0. The first kappa shape index (κ1) is 12.6. The molecule has 0 bridgehead atoms. The summed E-state index contributed by atoms with van der Waals surface area (Å²) in [6, 6.07) is 2.19. The van der Waals surface area contributed by atoms with Gasteiger partial charge in [0.05, 0.1) is 0 Å². The van der Waals surface area contributed by atoms with E-state index in [0.29, 0.717) is 6.54 Å². The molecule has 1 rings (SSSR count). The topological polar surface area (TPSA) is 30.5 Å². The van der Waals surface area contributed by atoms with Crippen LogP contribution in [0.3, 0.4) is 0 Å². The van der Waals surface area contributed by atoms with Gasteiger partial charge >= 0.3 is 0 Å². The van der Waals surface area contributed by atoms with Crippen LogP contribution in [0.2, 0.25) is 0 Å². The minimum absolute atomic E-state index is 0.157. The Kier molecular flexibility index (Phi) is 5.86. The predicted molar refractivity (Wildman–Crippen MR) is 63.2 cm³/mol. The van der Waals surface area contributed by atoms with E-state index in [0.717, 1.165) is 13.0 Å². The van der Waals surface area contributed by atoms with Crippen LogP contribution in [0, 0.1) is 0 Å². The zero-order valence-electron chi connectivity index (χ0n) is 9.58. The zero-order chi connectivity index (χ0) is 11.1. The molecule has 0 spiro atoms. The summed E-state index contributed by atoms with van der Waals surface area (Å²) in [6.07, 6.45) is 0.938. The van der Waals surface area contributed by atoms with Gasteiger partial charge in [-0.05, 0) is 23.4 Å². The minimum Gasteiger partial charge on any atom is -0.355 e. The molecule has 3 nitrogen and oxygen atoms in total. The lowest BCUT2D eigenvalue weighted by Crippen LogP contribution is -2.29. The third kappa shape index (κ3) is 3.91. The second kappa shape index (κ2) is 6.95. The van der Waals surface area contributed by atoms with Gasteiger partial charge < -0.3 is 14.8 Å². The third-order valence-corrected chi connectivity index (χ3v) is 3.30. The Balaban J connectivity index is 2.31. The second-order valence-corrected chi connectivity index (χ2v) is 4.26. The van der Waals surface area contributed by atoms with Crippen LogP contribution in [0.25, 0.3) is 0 Å². The quantitative estimate of drug-likeness (QED) is 0.726. The predicted octanol–water partition coefficient (Wildman–Crippen LogP) is 2.02. The van der Waals surface area contributed by atoms with Crippen molar-refractivity contribution in [1.29, 1.82) is 0 Å². The number of aryl methyl sites for hydroxylation is 1. The van der Waals surface area contributed by atoms with Crippen molar-refractivity contribution in [2.75, 3.05) is 20.8 Å². The van der Waals surface area contributed by atoms with E-state index in [-0.39, 0.29) is 6.29 Å². The average molecular weight is 229 g/mol. The highest BCUT2D eigenvalue weighted by molar-refractivity contribution is 7.10. The summed E-state index contributed by atoms with van der Waals surface area (Å²) in [5.41, 5.74) is 1.43. The molecule has 0 aliphatic heterocycles. The summed E-state index contributed by atoms with van der Waals surface area (Å²) in [7, 11) is 3.30. The van der Waals surface area contributed by atoms with Crippen LogP contribution in [0.5, 0.6) is 0 Å². The highest BCUT2D eigenvalue weighted by Crippen LogP contribution is 2.16. The van der Waals surface area contributed by atoms with Gasteiger partial charge in [-0.25, -0.2) is 0 Å². The standard InChI is InChI=1S/C11H19NO2S/c1-4-9-5-6-15-10(9)7-12-8-11(13-2)14-3/h5-6,11-12H,4,7-8H2,1-3H3. The van der Waals surface area contributed by atoms with Crippen molar-refractivity contribution in [3.05, 3.63) is 21.9 Å². The van der Waals surface area contributed by atoms with Crippen LogP contribution in [0.1, 0.15) is 17.4 Å². The summed E-state index contributed by atoms with van der Waals surface area (Å²) >= 11 is 1.80. The van der Waals surface area contributed by atoms with Gasteiger partial charge in [0.25, 0.3) is 0 Å². The Morgan fingerprint density at radius 2 is 2.13 bits per heavy atom. The van der Waals surface area contributed by atoms with Crippen LogP contribution in [-0.4, -0.2) is 27.1 Å². The summed E-state index contributed by atoms with van der Waals surface area (Å²) in [6.45, 7) is 3.79. The number of hydrogen-bond donors (Lipinski definition) is 1. The number of methoxy groups -OCH3 is 2. The van der Waals surface area contributed by atoms with Crippen LogP contribution in [0.15, 0.2) is 11.4 Å². The van der Waals surface area contributed by atoms with Crippen LogP contribution in [0.4, 0.5) is 0 Å². The van der Waals surface area contributed by atoms with Crippen molar-refractivity contribution in [3.8, 4) is 0 Å². The van der Waals surface area contributed by atoms with Gasteiger partial charge in [0.2, 0.25) is 0 Å². The van der Waals surface area contributed by atoms with Crippen LogP contribution >= 0.6 is 11.3 Å². The zero-order valence-corrected chi connectivity index (χ0v) is 10.4. The van der Waals surface area contributed by atoms with Crippen molar-refractivity contribution >= 4 is 11.3 Å². The average Bonchev–Trinajstić information content (AvgIpc) is 2.72. The van der Waals surface area contributed by atoms with E-state index < -0.39 is 0 Å². The monoisotopic (exact) mass is 229 g/mol. The molecule has 4 heteroatoms. The van der Waals surface area contributed by atoms with E-state index in [1.54, 1.807) is 25.6 Å². The Morgan fingerprint density at radius 1 is 1.40 bits per heavy atom. The molecular formula is C11H19NO2S. The largest absolute Gasteiger partial charge is 0.355 e. The summed E-state index contributed by atoms with van der Waals surface area (Å²) in [4.78, 5) is 1.41. The van der Waals surface area contributed by atoms with E-state index in [1.165, 1.54) is 10.4 Å². The fourth-order valence-electron chi connectivity index (χ4n) is 1.40. The fourth-order valence-corrected chi connectivity index (χ4v) is 2.35. The molecule has 0 aliphatic rings. The molecule has 1 aromatic rings. The lowest BCUT2D eigenvalue weighted by molar-refractivity contribution is -0.0988. The number of rotatable bonds is 7. The maximum Gasteiger partial charge on any atom is 0.169 e. The SMILES string of the molecule is CCc1ccsc1CNCC(OC)OC. The molecule has 0 saturated carbocycles. The molecule has 0 aliphatic carbocycles. The molecule has 1 aromatic heterocycles. The van der Waals surface area contributed by atoms with E-state index >= 15 is 0 Å². The smallest absolute Gasteiger partial charge is 0.169 e. The van der Waals surface area contributed by atoms with Crippen LogP contribution in [-0.2, 0) is 22.4 Å². The molecule has 1 heterocycles. The summed E-state index contributed by atoms with van der Waals surface area (Å²) < 4.78 is 10.2. The fraction of sp³-hybridized carbons (Fsp3) is 0.636. The van der Waals surface area contributed by atoms with Gasteiger partial charge in [-0.15, -0.1) is 11.3 Å². The van der Waals surface area contributed by atoms with Crippen molar-refractivity contribution in [2.45, 2.75) is 26.2 Å². The molecule has 86 valence electrons. The minimum atomic E-state index is -0.157. The maximum atomic E-state index is 5.09. The molecule has 1 N–H and O–H groups in total. The first-order valence-electron chi connectivity index (χ1n) is 5.13. The van der Waals surface area contributed by atoms with Gasteiger partial charge in [0.1, 0.15) is 0 Å². The maximum absolute atomic E-state index is 5.09. The van der Waals surface area contributed by atoms with Crippen LogP contribution < -0.4 is 5.32 Å². The van der Waals surface area contributed by atoms with E-state index in [2.05, 4.69) is 23.7 Å². The van der Waals surface area contributed by atoms with Crippen molar-refractivity contribution in [2.24, 2.45) is 0 Å². The molecule has 0 amide bonds. The van der Waals surface area contributed by atoms with Crippen molar-refractivity contribution in [1.82, 2.24) is 5.32 Å². The molecule has 0 atom stereocenters. The number of hydrogen-bond acceptors (Lipinski definition) is 4. The molecule has 0 radical (unpaired) electrons. The van der Waals surface area contributed by atoms with E-state index in [9.17, 15) is 0 Å². The number of ether oxygens (including phenoxy) is 2. The Bertz CT molecular complexity index is 271. The lowest BCUT2D eigenvalue weighted by atomic mass is 10.2. The van der Waals surface area contributed by atoms with Crippen molar-refractivity contribution < 1.29 is 9.47 Å². The van der Waals surface area contributed by atoms with E-state index in [1.807, 2.05) is 0 Å². The molecule has 0 unspecified atom stereocenters. The molecule has 0 saturated heterocycles. The number of nitrogens with one attached hydrogen (secondary N) is 1. The molecule has 0 fully saturated rings. The highest BCUT2D eigenvalue weighted by Gasteiger charge is 2.05. The van der Waals surface area contributed by atoms with Gasteiger partial charge in [-0.2, -0.15) is 0 Å². The van der Waals surface area contributed by atoms with Gasteiger partial charge in [0.15, 0.2) is 6.29 Å². The Hall–Kier alpha value is -0.420. The lowest BCUT2D eigenvalue weighted by Gasteiger charge is -2.13. The van der Waals surface area contributed by atoms with Gasteiger partial charge in [-0.1, -0.05) is 6.92 Å². The Labute approximate surface area is 95.4 Å². The first-order valence-corrected chi connectivity index (χ1v) is 6.01. The summed E-state index contributed by atoms with van der Waals surface area (Å²) in [5, 5.41) is 5.46. The van der Waals surface area contributed by atoms with Gasteiger partial charge in [-0.3, -0.25) is 0 Å².